The van der Waals surface area contributed by atoms with Gasteiger partial charge >= 0.3 is 6.18 Å². The number of hydrogen-bond acceptors (Lipinski definition) is 1. The maximum Gasteiger partial charge on any atom is 0.433 e. The lowest BCUT2D eigenvalue weighted by molar-refractivity contribution is -0.141. The third-order valence-electron chi connectivity index (χ3n) is 4.22. The van der Waals surface area contributed by atoms with Gasteiger partial charge in [0.05, 0.1) is 6.54 Å². The molecule has 118 valence electrons. The standard InChI is InChI=1S/C16H17F3N2O/c1-10-14(16(17,18)19)20-21(15(10)22)9-11-6-7-12-4-2-3-5-13(12)8-11/h6-8,20H,2-5,9H2,1H3. The summed E-state index contributed by atoms with van der Waals surface area (Å²) in [6.45, 7) is 1.33. The first-order valence-corrected chi connectivity index (χ1v) is 7.33. The van der Waals surface area contributed by atoms with Crippen LogP contribution in [0.25, 0.3) is 0 Å². The fourth-order valence-electron chi connectivity index (χ4n) is 3.03. The summed E-state index contributed by atoms with van der Waals surface area (Å²) in [4.78, 5) is 12.0. The van der Waals surface area contributed by atoms with Crippen LogP contribution in [0.5, 0.6) is 0 Å². The van der Waals surface area contributed by atoms with Crippen LogP contribution in [0.3, 0.4) is 0 Å². The second-order valence-electron chi connectivity index (χ2n) is 5.81. The van der Waals surface area contributed by atoms with E-state index in [1.807, 2.05) is 18.2 Å². The van der Waals surface area contributed by atoms with Gasteiger partial charge in [0.2, 0.25) is 0 Å². The summed E-state index contributed by atoms with van der Waals surface area (Å²) >= 11 is 0. The van der Waals surface area contributed by atoms with Gasteiger partial charge in [0.1, 0.15) is 5.69 Å². The van der Waals surface area contributed by atoms with Crippen LogP contribution in [0, 0.1) is 6.92 Å². The van der Waals surface area contributed by atoms with E-state index in [0.29, 0.717) is 0 Å². The van der Waals surface area contributed by atoms with Gasteiger partial charge in [-0.2, -0.15) is 13.2 Å². The van der Waals surface area contributed by atoms with Crippen molar-refractivity contribution in [1.29, 1.82) is 0 Å². The van der Waals surface area contributed by atoms with E-state index in [2.05, 4.69) is 5.10 Å². The molecule has 1 aliphatic carbocycles. The van der Waals surface area contributed by atoms with E-state index < -0.39 is 17.4 Å². The molecule has 1 aliphatic rings. The molecule has 22 heavy (non-hydrogen) atoms. The SMILES string of the molecule is Cc1c(C(F)(F)F)[nH]n(Cc2ccc3c(c2)CCCC3)c1=O. The second-order valence-corrected chi connectivity index (χ2v) is 5.81. The molecule has 2 aromatic rings. The van der Waals surface area contributed by atoms with E-state index in [-0.39, 0.29) is 12.1 Å². The lowest BCUT2D eigenvalue weighted by Gasteiger charge is -2.16. The summed E-state index contributed by atoms with van der Waals surface area (Å²) < 4.78 is 39.5. The molecular weight excluding hydrogens is 293 g/mol. The summed E-state index contributed by atoms with van der Waals surface area (Å²) in [6, 6.07) is 5.92. The van der Waals surface area contributed by atoms with Gasteiger partial charge in [-0.15, -0.1) is 0 Å². The Morgan fingerprint density at radius 2 is 1.86 bits per heavy atom. The highest BCUT2D eigenvalue weighted by Gasteiger charge is 2.36. The van der Waals surface area contributed by atoms with Crippen molar-refractivity contribution in [2.75, 3.05) is 0 Å². The minimum absolute atomic E-state index is 0.128. The smallest absolute Gasteiger partial charge is 0.291 e. The van der Waals surface area contributed by atoms with E-state index >= 15 is 0 Å². The number of aromatic nitrogens is 2. The molecule has 0 saturated carbocycles. The average molecular weight is 310 g/mol. The minimum Gasteiger partial charge on any atom is -0.291 e. The Labute approximate surface area is 125 Å². The molecule has 0 unspecified atom stereocenters. The van der Waals surface area contributed by atoms with E-state index in [1.54, 1.807) is 0 Å². The summed E-state index contributed by atoms with van der Waals surface area (Å²) in [5.41, 5.74) is 1.53. The summed E-state index contributed by atoms with van der Waals surface area (Å²) in [6.07, 6.45) is -0.178. The summed E-state index contributed by atoms with van der Waals surface area (Å²) in [7, 11) is 0. The van der Waals surface area contributed by atoms with Crippen LogP contribution in [0.2, 0.25) is 0 Å². The first-order chi connectivity index (χ1) is 10.4. The predicted molar refractivity (Wildman–Crippen MR) is 77.0 cm³/mol. The van der Waals surface area contributed by atoms with Crippen LogP contribution in [-0.4, -0.2) is 9.78 Å². The average Bonchev–Trinajstić information content (AvgIpc) is 2.75. The van der Waals surface area contributed by atoms with Gasteiger partial charge in [-0.3, -0.25) is 9.89 Å². The van der Waals surface area contributed by atoms with Gasteiger partial charge in [0.25, 0.3) is 5.56 Å². The van der Waals surface area contributed by atoms with Crippen molar-refractivity contribution in [2.24, 2.45) is 0 Å². The number of rotatable bonds is 2. The van der Waals surface area contributed by atoms with Crippen molar-refractivity contribution in [1.82, 2.24) is 9.78 Å². The third kappa shape index (κ3) is 2.69. The molecule has 0 fully saturated rings. The Morgan fingerprint density at radius 1 is 1.18 bits per heavy atom. The monoisotopic (exact) mass is 310 g/mol. The lowest BCUT2D eigenvalue weighted by atomic mass is 9.90. The summed E-state index contributed by atoms with van der Waals surface area (Å²) in [5, 5.41) is 2.20. The molecule has 0 radical (unpaired) electrons. The molecule has 0 atom stereocenters. The van der Waals surface area contributed by atoms with E-state index in [9.17, 15) is 18.0 Å². The Morgan fingerprint density at radius 3 is 2.50 bits per heavy atom. The molecular formula is C16H17F3N2O. The molecule has 0 aliphatic heterocycles. The molecule has 1 heterocycles. The van der Waals surface area contributed by atoms with Gasteiger partial charge in [-0.1, -0.05) is 18.2 Å². The molecule has 1 aromatic carbocycles. The normalized spacial score (nSPS) is 14.9. The molecule has 0 bridgehead atoms. The van der Waals surface area contributed by atoms with Crippen LogP contribution in [0.1, 0.15) is 40.8 Å². The number of nitrogens with zero attached hydrogens (tertiary/aromatic N) is 1. The van der Waals surface area contributed by atoms with Gasteiger partial charge < -0.3 is 0 Å². The van der Waals surface area contributed by atoms with Crippen molar-refractivity contribution in [3.05, 3.63) is 56.5 Å². The quantitative estimate of drug-likeness (QED) is 0.906. The number of benzene rings is 1. The lowest BCUT2D eigenvalue weighted by Crippen LogP contribution is -2.18. The summed E-state index contributed by atoms with van der Waals surface area (Å²) in [5.74, 6) is 0. The number of fused-ring (bicyclic) bond motifs is 1. The predicted octanol–water partition coefficient (Wildman–Crippen LogP) is 3.43. The Balaban J connectivity index is 1.92. The Bertz CT molecular complexity index is 756. The number of aryl methyl sites for hydroxylation is 2. The molecule has 6 heteroatoms. The highest BCUT2D eigenvalue weighted by atomic mass is 19.4. The molecule has 0 spiro atoms. The van der Waals surface area contributed by atoms with Gasteiger partial charge in [0.15, 0.2) is 0 Å². The Hall–Kier alpha value is -1.98. The maximum absolute atomic E-state index is 12.8. The molecule has 3 nitrogen and oxygen atoms in total. The fourth-order valence-corrected chi connectivity index (χ4v) is 3.03. The number of hydrogen-bond donors (Lipinski definition) is 1. The van der Waals surface area contributed by atoms with Crippen LogP contribution in [0.4, 0.5) is 13.2 Å². The minimum atomic E-state index is -4.54. The third-order valence-corrected chi connectivity index (χ3v) is 4.22. The first-order valence-electron chi connectivity index (χ1n) is 7.33. The molecule has 3 rings (SSSR count). The van der Waals surface area contributed by atoms with Crippen LogP contribution < -0.4 is 5.56 Å². The van der Waals surface area contributed by atoms with Crippen LogP contribution in [0.15, 0.2) is 23.0 Å². The number of H-pyrrole nitrogens is 1. The number of halogens is 3. The van der Waals surface area contributed by atoms with Crippen molar-refractivity contribution in [3.63, 3.8) is 0 Å². The zero-order chi connectivity index (χ0) is 15.9. The first kappa shape index (κ1) is 14.9. The fraction of sp³-hybridized carbons (Fsp3) is 0.438. The zero-order valence-corrected chi connectivity index (χ0v) is 12.3. The van der Waals surface area contributed by atoms with Crippen molar-refractivity contribution in [3.8, 4) is 0 Å². The van der Waals surface area contributed by atoms with Gasteiger partial charge in [0, 0.05) is 5.56 Å². The van der Waals surface area contributed by atoms with Gasteiger partial charge in [-0.25, -0.2) is 4.68 Å². The molecule has 1 aromatic heterocycles. The van der Waals surface area contributed by atoms with E-state index in [0.717, 1.165) is 29.5 Å². The van der Waals surface area contributed by atoms with Crippen molar-refractivity contribution < 1.29 is 13.2 Å². The van der Waals surface area contributed by atoms with Crippen molar-refractivity contribution >= 4 is 0 Å². The van der Waals surface area contributed by atoms with Crippen LogP contribution in [-0.2, 0) is 25.6 Å². The number of aromatic amines is 1. The van der Waals surface area contributed by atoms with Crippen molar-refractivity contribution in [2.45, 2.75) is 45.3 Å². The molecule has 0 amide bonds. The highest BCUT2D eigenvalue weighted by Crippen LogP contribution is 2.29. The van der Waals surface area contributed by atoms with Gasteiger partial charge in [-0.05, 0) is 49.3 Å². The number of alkyl halides is 3. The van der Waals surface area contributed by atoms with Crippen LogP contribution >= 0.6 is 0 Å². The zero-order valence-electron chi connectivity index (χ0n) is 12.3. The topological polar surface area (TPSA) is 37.8 Å². The molecule has 1 N–H and O–H groups in total. The molecule has 0 saturated heterocycles. The second kappa shape index (κ2) is 5.34. The highest BCUT2D eigenvalue weighted by molar-refractivity contribution is 5.34. The largest absolute Gasteiger partial charge is 0.433 e. The Kier molecular flexibility index (Phi) is 3.62. The van der Waals surface area contributed by atoms with E-state index in [4.69, 9.17) is 0 Å². The maximum atomic E-state index is 12.8. The number of nitrogens with one attached hydrogen (secondary N) is 1. The van der Waals surface area contributed by atoms with E-state index in [1.165, 1.54) is 24.5 Å².